The average molecular weight is 326 g/mol. The molecule has 120 valence electrons. The maximum absolute atomic E-state index is 12.3. The van der Waals surface area contributed by atoms with Gasteiger partial charge in [0.25, 0.3) is 17.5 Å². The number of ether oxygens (including phenoxy) is 1. The van der Waals surface area contributed by atoms with E-state index in [-0.39, 0.29) is 16.9 Å². The number of hydrogen-bond acceptors (Lipinski definition) is 6. The Morgan fingerprint density at radius 1 is 1.04 bits per heavy atom. The molecule has 0 fully saturated rings. The van der Waals surface area contributed by atoms with Crippen molar-refractivity contribution in [1.29, 1.82) is 0 Å². The smallest absolute Gasteiger partial charge is 0.331 e. The molecule has 0 atom stereocenters. The summed E-state index contributed by atoms with van der Waals surface area (Å²) in [6.07, 6.45) is 0. The average Bonchev–Trinajstić information content (AvgIpc) is 2.81. The molecule has 0 spiro atoms. The summed E-state index contributed by atoms with van der Waals surface area (Å²) >= 11 is 0. The Morgan fingerprint density at radius 2 is 1.75 bits per heavy atom. The van der Waals surface area contributed by atoms with Crippen molar-refractivity contribution in [2.24, 2.45) is 0 Å². The van der Waals surface area contributed by atoms with Crippen molar-refractivity contribution in [3.8, 4) is 5.75 Å². The molecule has 2 aromatic rings. The van der Waals surface area contributed by atoms with Crippen molar-refractivity contribution in [1.82, 2.24) is 4.90 Å². The number of nitro groups is 1. The van der Waals surface area contributed by atoms with Gasteiger partial charge in [-0.15, -0.1) is 0 Å². The Morgan fingerprint density at radius 3 is 2.42 bits per heavy atom. The monoisotopic (exact) mass is 326 g/mol. The molecule has 1 heterocycles. The van der Waals surface area contributed by atoms with Crippen LogP contribution in [0.1, 0.15) is 20.7 Å². The number of amides is 2. The minimum atomic E-state index is -0.882. The number of imide groups is 1. The zero-order valence-corrected chi connectivity index (χ0v) is 12.2. The largest absolute Gasteiger partial charge is 0.425 e. The van der Waals surface area contributed by atoms with E-state index in [9.17, 15) is 24.5 Å². The fourth-order valence-electron chi connectivity index (χ4n) is 2.39. The molecule has 8 heteroatoms. The van der Waals surface area contributed by atoms with Gasteiger partial charge in [0.05, 0.1) is 10.5 Å². The minimum Gasteiger partial charge on any atom is -0.425 e. The summed E-state index contributed by atoms with van der Waals surface area (Å²) in [5.41, 5.74) is -0.869. The molecule has 0 saturated heterocycles. The summed E-state index contributed by atoms with van der Waals surface area (Å²) in [5, 5.41) is 11.0. The van der Waals surface area contributed by atoms with Crippen molar-refractivity contribution < 1.29 is 24.0 Å². The van der Waals surface area contributed by atoms with Crippen molar-refractivity contribution >= 4 is 23.5 Å². The van der Waals surface area contributed by atoms with Gasteiger partial charge in [0, 0.05) is 6.07 Å². The lowest BCUT2D eigenvalue weighted by molar-refractivity contribution is -0.385. The number of nitrogens with zero attached hydrogens (tertiary/aromatic N) is 2. The Bertz CT molecular complexity index is 862. The second kappa shape index (κ2) is 5.92. The van der Waals surface area contributed by atoms with Crippen LogP contribution < -0.4 is 4.74 Å². The summed E-state index contributed by atoms with van der Waals surface area (Å²) in [6.45, 7) is -0.627. The molecule has 8 nitrogen and oxygen atoms in total. The van der Waals surface area contributed by atoms with Crippen LogP contribution in [0.5, 0.6) is 5.75 Å². The zero-order valence-electron chi connectivity index (χ0n) is 12.2. The molecule has 3 rings (SSSR count). The van der Waals surface area contributed by atoms with Gasteiger partial charge in [0.15, 0.2) is 0 Å². The third-order valence-corrected chi connectivity index (χ3v) is 3.44. The quantitative estimate of drug-likeness (QED) is 0.279. The first-order chi connectivity index (χ1) is 11.5. The molecule has 0 saturated carbocycles. The lowest BCUT2D eigenvalue weighted by Gasteiger charge is -2.12. The Hall–Kier alpha value is -3.55. The summed E-state index contributed by atoms with van der Waals surface area (Å²) in [5.74, 6) is -2.19. The Labute approximate surface area is 135 Å². The molecule has 0 bridgehead atoms. The highest BCUT2D eigenvalue weighted by atomic mass is 16.6. The first kappa shape index (κ1) is 15.3. The standard InChI is InChI=1S/C16H10N2O6/c19-13(24-10-5-2-1-3-6-10)9-17-15(20)11-7-4-8-12(18(22)23)14(11)16(17)21/h1-8H,9H2. The molecule has 1 aliphatic rings. The number of hydrogen-bond donors (Lipinski definition) is 0. The van der Waals surface area contributed by atoms with Crippen LogP contribution in [0.2, 0.25) is 0 Å². The van der Waals surface area contributed by atoms with E-state index in [1.54, 1.807) is 30.3 Å². The topological polar surface area (TPSA) is 107 Å². The number of benzene rings is 2. The van der Waals surface area contributed by atoms with Gasteiger partial charge < -0.3 is 4.74 Å². The van der Waals surface area contributed by atoms with Crippen LogP contribution in [0.25, 0.3) is 0 Å². The maximum Gasteiger partial charge on any atom is 0.331 e. The maximum atomic E-state index is 12.3. The third kappa shape index (κ3) is 2.60. The van der Waals surface area contributed by atoms with E-state index in [0.29, 0.717) is 4.90 Å². The molecule has 1 aliphatic heterocycles. The number of fused-ring (bicyclic) bond motifs is 1. The summed E-state index contributed by atoms with van der Waals surface area (Å²) in [6, 6.07) is 11.9. The van der Waals surface area contributed by atoms with Gasteiger partial charge in [0.2, 0.25) is 0 Å². The predicted octanol–water partition coefficient (Wildman–Crippen LogP) is 1.80. The van der Waals surface area contributed by atoms with Crippen LogP contribution in [-0.2, 0) is 4.79 Å². The molecular formula is C16H10N2O6. The number of carbonyl (C=O) groups excluding carboxylic acids is 3. The van der Waals surface area contributed by atoms with Gasteiger partial charge in [-0.1, -0.05) is 24.3 Å². The lowest BCUT2D eigenvalue weighted by atomic mass is 10.1. The van der Waals surface area contributed by atoms with Crippen molar-refractivity contribution in [2.75, 3.05) is 6.54 Å². The molecule has 2 aromatic carbocycles. The molecular weight excluding hydrogens is 316 g/mol. The van der Waals surface area contributed by atoms with E-state index < -0.39 is 34.9 Å². The summed E-state index contributed by atoms with van der Waals surface area (Å²) in [4.78, 5) is 47.4. The van der Waals surface area contributed by atoms with E-state index in [2.05, 4.69) is 0 Å². The normalized spacial score (nSPS) is 12.9. The van der Waals surface area contributed by atoms with E-state index in [4.69, 9.17) is 4.74 Å². The Kier molecular flexibility index (Phi) is 3.78. The fraction of sp³-hybridized carbons (Fsp3) is 0.0625. The van der Waals surface area contributed by atoms with Gasteiger partial charge >= 0.3 is 5.97 Å². The highest BCUT2D eigenvalue weighted by Gasteiger charge is 2.41. The number of carbonyl (C=O) groups is 3. The predicted molar refractivity (Wildman–Crippen MR) is 80.5 cm³/mol. The van der Waals surface area contributed by atoms with Crippen LogP contribution in [0.3, 0.4) is 0 Å². The molecule has 0 N–H and O–H groups in total. The summed E-state index contributed by atoms with van der Waals surface area (Å²) in [7, 11) is 0. The van der Waals surface area contributed by atoms with Crippen LogP contribution in [0.15, 0.2) is 48.5 Å². The molecule has 0 aromatic heterocycles. The van der Waals surface area contributed by atoms with E-state index in [1.807, 2.05) is 0 Å². The zero-order chi connectivity index (χ0) is 17.3. The van der Waals surface area contributed by atoms with Crippen LogP contribution in [0.4, 0.5) is 5.69 Å². The van der Waals surface area contributed by atoms with Crippen LogP contribution in [-0.4, -0.2) is 34.2 Å². The second-order valence-corrected chi connectivity index (χ2v) is 4.94. The van der Waals surface area contributed by atoms with Gasteiger partial charge in [-0.05, 0) is 18.2 Å². The van der Waals surface area contributed by atoms with Gasteiger partial charge in [-0.3, -0.25) is 24.6 Å². The molecule has 24 heavy (non-hydrogen) atoms. The van der Waals surface area contributed by atoms with Gasteiger partial charge in [0.1, 0.15) is 17.9 Å². The molecule has 0 radical (unpaired) electrons. The van der Waals surface area contributed by atoms with Gasteiger partial charge in [-0.25, -0.2) is 4.79 Å². The number of nitro benzene ring substituents is 1. The second-order valence-electron chi connectivity index (χ2n) is 4.94. The molecule has 0 unspecified atom stereocenters. The first-order valence-electron chi connectivity index (χ1n) is 6.88. The van der Waals surface area contributed by atoms with Crippen LogP contribution >= 0.6 is 0 Å². The van der Waals surface area contributed by atoms with Crippen molar-refractivity contribution in [3.63, 3.8) is 0 Å². The van der Waals surface area contributed by atoms with Gasteiger partial charge in [-0.2, -0.15) is 0 Å². The highest BCUT2D eigenvalue weighted by Crippen LogP contribution is 2.30. The van der Waals surface area contributed by atoms with E-state index in [1.165, 1.54) is 12.1 Å². The third-order valence-electron chi connectivity index (χ3n) is 3.44. The summed E-state index contributed by atoms with van der Waals surface area (Å²) < 4.78 is 5.03. The molecule has 2 amide bonds. The number of rotatable bonds is 4. The fourth-order valence-corrected chi connectivity index (χ4v) is 2.39. The number of para-hydroxylation sites is 1. The van der Waals surface area contributed by atoms with E-state index >= 15 is 0 Å². The van der Waals surface area contributed by atoms with Crippen molar-refractivity contribution in [3.05, 3.63) is 69.8 Å². The Balaban J connectivity index is 1.82. The lowest BCUT2D eigenvalue weighted by Crippen LogP contribution is -2.36. The highest BCUT2D eigenvalue weighted by molar-refractivity contribution is 6.24. The van der Waals surface area contributed by atoms with E-state index in [0.717, 1.165) is 6.07 Å². The van der Waals surface area contributed by atoms with Crippen LogP contribution in [0, 0.1) is 10.1 Å². The minimum absolute atomic E-state index is 0.0956. The molecule has 0 aliphatic carbocycles. The SMILES string of the molecule is O=C(CN1C(=O)c2cccc([N+](=O)[O-])c2C1=O)Oc1ccccc1. The number of esters is 1. The van der Waals surface area contributed by atoms with Crippen molar-refractivity contribution in [2.45, 2.75) is 0 Å². The first-order valence-corrected chi connectivity index (χ1v) is 6.88.